The lowest BCUT2D eigenvalue weighted by atomic mass is 10.0. The lowest BCUT2D eigenvalue weighted by Gasteiger charge is -2.27. The first kappa shape index (κ1) is 10.0. The predicted molar refractivity (Wildman–Crippen MR) is 53.4 cm³/mol. The van der Waals surface area contributed by atoms with Crippen LogP contribution in [0.15, 0.2) is 0 Å². The molecular weight excluding hydrogens is 148 g/mol. The molecule has 0 radical (unpaired) electrons. The molecule has 0 saturated carbocycles. The minimum Gasteiger partial charge on any atom is -0.316 e. The summed E-state index contributed by atoms with van der Waals surface area (Å²) < 4.78 is 0. The molecule has 2 N–H and O–H groups in total. The van der Waals surface area contributed by atoms with Crippen LogP contribution in [0.1, 0.15) is 32.6 Å². The van der Waals surface area contributed by atoms with Gasteiger partial charge in [0.2, 0.25) is 0 Å². The van der Waals surface area contributed by atoms with Crippen LogP contribution < -0.4 is 10.6 Å². The number of unbranched alkanes of at least 4 members (excludes halogenated alkanes) is 3. The Kier molecular flexibility index (Phi) is 5.37. The van der Waals surface area contributed by atoms with E-state index in [1.165, 1.54) is 51.9 Å². The molecule has 12 heavy (non-hydrogen) atoms. The fourth-order valence-electron chi connectivity index (χ4n) is 1.48. The summed E-state index contributed by atoms with van der Waals surface area (Å²) in [5, 5.41) is 6.79. The Morgan fingerprint density at radius 2 is 2.08 bits per heavy atom. The summed E-state index contributed by atoms with van der Waals surface area (Å²) in [6, 6.07) is 0. The van der Waals surface area contributed by atoms with Crippen molar-refractivity contribution >= 4 is 0 Å². The second-order valence-electron chi connectivity index (χ2n) is 3.79. The first-order chi connectivity index (χ1) is 5.93. The van der Waals surface area contributed by atoms with Crippen molar-refractivity contribution in [2.24, 2.45) is 5.92 Å². The van der Waals surface area contributed by atoms with Crippen LogP contribution in [0.4, 0.5) is 0 Å². The summed E-state index contributed by atoms with van der Waals surface area (Å²) >= 11 is 0. The van der Waals surface area contributed by atoms with Crippen LogP contribution in [-0.4, -0.2) is 26.2 Å². The van der Waals surface area contributed by atoms with E-state index in [1.54, 1.807) is 0 Å². The number of hydrogen-bond acceptors (Lipinski definition) is 2. The van der Waals surface area contributed by atoms with Gasteiger partial charge < -0.3 is 10.6 Å². The molecule has 72 valence electrons. The third-order valence-electron chi connectivity index (χ3n) is 2.51. The predicted octanol–water partition coefficient (Wildman–Crippen LogP) is 1.38. The van der Waals surface area contributed by atoms with Crippen LogP contribution >= 0.6 is 0 Å². The average Bonchev–Trinajstić information content (AvgIpc) is 2.00. The van der Waals surface area contributed by atoms with Gasteiger partial charge in [0.1, 0.15) is 0 Å². The molecule has 2 heteroatoms. The molecule has 0 aromatic rings. The Bertz CT molecular complexity index is 100. The molecule has 0 bridgehead atoms. The van der Waals surface area contributed by atoms with E-state index in [4.69, 9.17) is 0 Å². The Balaban J connectivity index is 1.70. The van der Waals surface area contributed by atoms with Crippen molar-refractivity contribution in [2.45, 2.75) is 32.6 Å². The molecule has 0 amide bonds. The van der Waals surface area contributed by atoms with Crippen LogP contribution in [0.25, 0.3) is 0 Å². The van der Waals surface area contributed by atoms with Crippen LogP contribution in [0.5, 0.6) is 0 Å². The summed E-state index contributed by atoms with van der Waals surface area (Å²) in [6.45, 7) is 7.15. The molecule has 0 aromatic heterocycles. The lowest BCUT2D eigenvalue weighted by molar-refractivity contribution is 0.331. The van der Waals surface area contributed by atoms with E-state index in [0.717, 1.165) is 5.92 Å². The van der Waals surface area contributed by atoms with E-state index >= 15 is 0 Å². The molecule has 1 fully saturated rings. The van der Waals surface area contributed by atoms with E-state index in [-0.39, 0.29) is 0 Å². The smallest absolute Gasteiger partial charge is 0.000394 e. The van der Waals surface area contributed by atoms with Crippen molar-refractivity contribution < 1.29 is 0 Å². The Hall–Kier alpha value is -0.0800. The molecule has 0 aliphatic carbocycles. The van der Waals surface area contributed by atoms with E-state index in [9.17, 15) is 0 Å². The van der Waals surface area contributed by atoms with Gasteiger partial charge in [0.15, 0.2) is 0 Å². The fraction of sp³-hybridized carbons (Fsp3) is 1.00. The van der Waals surface area contributed by atoms with E-state index in [1.807, 2.05) is 0 Å². The Labute approximate surface area is 76.1 Å². The van der Waals surface area contributed by atoms with Gasteiger partial charge in [0.05, 0.1) is 0 Å². The van der Waals surface area contributed by atoms with Gasteiger partial charge in [-0.2, -0.15) is 0 Å². The largest absolute Gasteiger partial charge is 0.316 e. The molecule has 0 spiro atoms. The fourth-order valence-corrected chi connectivity index (χ4v) is 1.48. The number of hydrogen-bond donors (Lipinski definition) is 2. The third kappa shape index (κ3) is 4.07. The lowest BCUT2D eigenvalue weighted by Crippen LogP contribution is -2.47. The van der Waals surface area contributed by atoms with E-state index in [2.05, 4.69) is 17.6 Å². The van der Waals surface area contributed by atoms with Gasteiger partial charge in [-0.3, -0.25) is 0 Å². The zero-order valence-corrected chi connectivity index (χ0v) is 8.23. The van der Waals surface area contributed by atoms with E-state index < -0.39 is 0 Å². The van der Waals surface area contributed by atoms with Crippen molar-refractivity contribution in [3.63, 3.8) is 0 Å². The quantitative estimate of drug-likeness (QED) is 0.564. The molecule has 0 unspecified atom stereocenters. The monoisotopic (exact) mass is 170 g/mol. The SMILES string of the molecule is CCCCCCNCC1CNC1. The number of rotatable bonds is 7. The van der Waals surface area contributed by atoms with Crippen LogP contribution in [0.3, 0.4) is 0 Å². The van der Waals surface area contributed by atoms with Gasteiger partial charge in [0.25, 0.3) is 0 Å². The summed E-state index contributed by atoms with van der Waals surface area (Å²) in [4.78, 5) is 0. The van der Waals surface area contributed by atoms with Gasteiger partial charge in [-0.15, -0.1) is 0 Å². The van der Waals surface area contributed by atoms with E-state index in [0.29, 0.717) is 0 Å². The topological polar surface area (TPSA) is 24.1 Å². The van der Waals surface area contributed by atoms with Crippen molar-refractivity contribution in [1.29, 1.82) is 0 Å². The first-order valence-electron chi connectivity index (χ1n) is 5.35. The first-order valence-corrected chi connectivity index (χ1v) is 5.35. The Morgan fingerprint density at radius 1 is 1.25 bits per heavy atom. The second-order valence-corrected chi connectivity index (χ2v) is 3.79. The maximum absolute atomic E-state index is 3.51. The van der Waals surface area contributed by atoms with Gasteiger partial charge in [0, 0.05) is 19.6 Å². The highest BCUT2D eigenvalue weighted by Gasteiger charge is 2.14. The van der Waals surface area contributed by atoms with Gasteiger partial charge in [-0.1, -0.05) is 26.2 Å². The van der Waals surface area contributed by atoms with Crippen molar-refractivity contribution in [3.05, 3.63) is 0 Å². The van der Waals surface area contributed by atoms with Crippen molar-refractivity contribution in [1.82, 2.24) is 10.6 Å². The van der Waals surface area contributed by atoms with Gasteiger partial charge >= 0.3 is 0 Å². The molecule has 0 aromatic carbocycles. The molecular formula is C10H22N2. The maximum atomic E-state index is 3.51. The van der Waals surface area contributed by atoms with Crippen molar-refractivity contribution in [2.75, 3.05) is 26.2 Å². The van der Waals surface area contributed by atoms with Crippen LogP contribution in [0, 0.1) is 5.92 Å². The van der Waals surface area contributed by atoms with Gasteiger partial charge in [-0.25, -0.2) is 0 Å². The van der Waals surface area contributed by atoms with Gasteiger partial charge in [-0.05, 0) is 18.9 Å². The zero-order chi connectivity index (χ0) is 8.65. The number of nitrogens with one attached hydrogen (secondary N) is 2. The molecule has 1 aliphatic rings. The normalized spacial score (nSPS) is 17.8. The zero-order valence-electron chi connectivity index (χ0n) is 8.23. The molecule has 1 rings (SSSR count). The minimum atomic E-state index is 0.913. The highest BCUT2D eigenvalue weighted by molar-refractivity contribution is 4.76. The van der Waals surface area contributed by atoms with Crippen LogP contribution in [0.2, 0.25) is 0 Å². The highest BCUT2D eigenvalue weighted by Crippen LogP contribution is 2.01. The standard InChI is InChI=1S/C10H22N2/c1-2-3-4-5-6-11-7-10-8-12-9-10/h10-12H,2-9H2,1H3. The summed E-state index contributed by atoms with van der Waals surface area (Å²) in [5.41, 5.74) is 0. The summed E-state index contributed by atoms with van der Waals surface area (Å²) in [6.07, 6.45) is 5.49. The highest BCUT2D eigenvalue weighted by atomic mass is 15.0. The average molecular weight is 170 g/mol. The molecule has 1 heterocycles. The Morgan fingerprint density at radius 3 is 2.67 bits per heavy atom. The van der Waals surface area contributed by atoms with Crippen molar-refractivity contribution in [3.8, 4) is 0 Å². The van der Waals surface area contributed by atoms with Crippen LogP contribution in [-0.2, 0) is 0 Å². The summed E-state index contributed by atoms with van der Waals surface area (Å²) in [5.74, 6) is 0.913. The molecule has 2 nitrogen and oxygen atoms in total. The maximum Gasteiger partial charge on any atom is 0.000394 e. The third-order valence-corrected chi connectivity index (χ3v) is 2.51. The molecule has 1 aliphatic heterocycles. The minimum absolute atomic E-state index is 0.913. The molecule has 1 saturated heterocycles. The molecule has 0 atom stereocenters. The second kappa shape index (κ2) is 6.44. The summed E-state index contributed by atoms with van der Waals surface area (Å²) in [7, 11) is 0.